The van der Waals surface area contributed by atoms with E-state index in [1.54, 1.807) is 12.1 Å². The molecule has 1 aromatic carbocycles. The highest BCUT2D eigenvalue weighted by Gasteiger charge is 1.97. The minimum atomic E-state index is -0.197. The topological polar surface area (TPSA) is 4.93 Å². The molecule has 1 radical (unpaired) electrons. The van der Waals surface area contributed by atoms with Crippen molar-refractivity contribution in [3.05, 3.63) is 36.3 Å². The molecule has 55 valence electrons. The van der Waals surface area contributed by atoms with Gasteiger partial charge in [0.25, 0.3) is 0 Å². The van der Waals surface area contributed by atoms with Crippen molar-refractivity contribution in [3.63, 3.8) is 0 Å². The van der Waals surface area contributed by atoms with Crippen LogP contribution in [-0.4, -0.2) is 4.57 Å². The Morgan fingerprint density at radius 1 is 1.45 bits per heavy atom. The van der Waals surface area contributed by atoms with E-state index >= 15 is 0 Å². The Balaban J connectivity index is 2.86. The Morgan fingerprint density at radius 3 is 3.09 bits per heavy atom. The first-order chi connectivity index (χ1) is 5.27. The zero-order chi connectivity index (χ0) is 7.84. The molecule has 2 heteroatoms. The van der Waals surface area contributed by atoms with Gasteiger partial charge < -0.3 is 4.57 Å². The molecule has 0 aliphatic heterocycles. The number of nitrogens with zero attached hydrogens (tertiary/aromatic N) is 1. The lowest BCUT2D eigenvalue weighted by Gasteiger charge is -1.93. The predicted molar refractivity (Wildman–Crippen MR) is 41.7 cm³/mol. The number of hydrogen-bond donors (Lipinski definition) is 0. The van der Waals surface area contributed by atoms with Crippen molar-refractivity contribution in [3.8, 4) is 0 Å². The lowest BCUT2D eigenvalue weighted by molar-refractivity contribution is 0.629. The van der Waals surface area contributed by atoms with E-state index in [0.29, 0.717) is 0 Å². The van der Waals surface area contributed by atoms with Crippen molar-refractivity contribution >= 4 is 10.9 Å². The van der Waals surface area contributed by atoms with Crippen LogP contribution >= 0.6 is 0 Å². The number of fused-ring (bicyclic) bond motifs is 1. The Labute approximate surface area is 64.1 Å². The molecule has 1 heterocycles. The highest BCUT2D eigenvalue weighted by Crippen LogP contribution is 2.14. The number of aromatic nitrogens is 1. The van der Waals surface area contributed by atoms with Crippen LogP contribution in [0, 0.1) is 12.0 Å². The molecule has 2 rings (SSSR count). The van der Waals surface area contributed by atoms with Crippen molar-refractivity contribution in [1.29, 1.82) is 0 Å². The molecule has 1 aromatic heterocycles. The summed E-state index contributed by atoms with van der Waals surface area (Å²) in [6.07, 6.45) is 2.95. The van der Waals surface area contributed by atoms with E-state index in [1.807, 2.05) is 11.6 Å². The molecule has 0 saturated carbocycles. The molecule has 0 aliphatic carbocycles. The van der Waals surface area contributed by atoms with Gasteiger partial charge in [-0.15, -0.1) is 0 Å². The maximum absolute atomic E-state index is 12.6. The SMILES string of the molecule is Cn1[c]cc2cc(F)ccc21. The predicted octanol–water partition coefficient (Wildman–Crippen LogP) is 2.12. The number of benzene rings is 1. The van der Waals surface area contributed by atoms with E-state index in [4.69, 9.17) is 0 Å². The first-order valence-electron chi connectivity index (χ1n) is 3.40. The summed E-state index contributed by atoms with van der Waals surface area (Å²) in [5.41, 5.74) is 1.01. The van der Waals surface area contributed by atoms with E-state index in [2.05, 4.69) is 6.20 Å². The molecule has 11 heavy (non-hydrogen) atoms. The molecule has 1 nitrogen and oxygen atoms in total. The monoisotopic (exact) mass is 148 g/mol. The molecule has 0 amide bonds. The lowest BCUT2D eigenvalue weighted by atomic mass is 10.2. The molecule has 0 aliphatic rings. The van der Waals surface area contributed by atoms with Crippen molar-refractivity contribution in [1.82, 2.24) is 4.57 Å². The molecule has 0 saturated heterocycles. The van der Waals surface area contributed by atoms with Crippen LogP contribution < -0.4 is 0 Å². The summed E-state index contributed by atoms with van der Waals surface area (Å²) in [6, 6.07) is 6.49. The molecule has 0 spiro atoms. The molecule has 0 fully saturated rings. The van der Waals surface area contributed by atoms with E-state index in [9.17, 15) is 4.39 Å². The van der Waals surface area contributed by atoms with Gasteiger partial charge in [0.2, 0.25) is 0 Å². The maximum Gasteiger partial charge on any atom is 0.123 e. The van der Waals surface area contributed by atoms with Gasteiger partial charge in [-0.1, -0.05) is 0 Å². The summed E-state index contributed by atoms with van der Waals surface area (Å²) in [6.45, 7) is 0. The second-order valence-electron chi connectivity index (χ2n) is 2.54. The molecular weight excluding hydrogens is 141 g/mol. The summed E-state index contributed by atoms with van der Waals surface area (Å²) < 4.78 is 14.5. The van der Waals surface area contributed by atoms with E-state index in [0.717, 1.165) is 10.9 Å². The van der Waals surface area contributed by atoms with E-state index < -0.39 is 0 Å². The van der Waals surface area contributed by atoms with Crippen molar-refractivity contribution < 1.29 is 4.39 Å². The zero-order valence-electron chi connectivity index (χ0n) is 6.13. The molecule has 0 bridgehead atoms. The smallest absolute Gasteiger partial charge is 0.123 e. The van der Waals surface area contributed by atoms with Gasteiger partial charge in [0, 0.05) is 18.0 Å². The van der Waals surface area contributed by atoms with Crippen LogP contribution in [0.1, 0.15) is 0 Å². The van der Waals surface area contributed by atoms with Crippen LogP contribution in [0.4, 0.5) is 4.39 Å². The van der Waals surface area contributed by atoms with Gasteiger partial charge in [-0.05, 0) is 24.3 Å². The number of hydrogen-bond acceptors (Lipinski definition) is 0. The highest BCUT2D eigenvalue weighted by atomic mass is 19.1. The Bertz CT molecular complexity index is 389. The molecule has 0 atom stereocenters. The quantitative estimate of drug-likeness (QED) is 0.539. The first-order valence-corrected chi connectivity index (χ1v) is 3.40. The second-order valence-corrected chi connectivity index (χ2v) is 2.54. The van der Waals surface area contributed by atoms with Crippen LogP contribution in [0.3, 0.4) is 0 Å². The van der Waals surface area contributed by atoms with Gasteiger partial charge in [-0.25, -0.2) is 4.39 Å². The van der Waals surface area contributed by atoms with E-state index in [1.165, 1.54) is 12.1 Å². The van der Waals surface area contributed by atoms with E-state index in [-0.39, 0.29) is 5.82 Å². The normalized spacial score (nSPS) is 10.7. The van der Waals surface area contributed by atoms with Gasteiger partial charge in [0.05, 0.1) is 6.20 Å². The van der Waals surface area contributed by atoms with Crippen LogP contribution in [0.5, 0.6) is 0 Å². The summed E-state index contributed by atoms with van der Waals surface area (Å²) in [5, 5.41) is 0.896. The lowest BCUT2D eigenvalue weighted by Crippen LogP contribution is -1.83. The molecule has 0 unspecified atom stereocenters. The average Bonchev–Trinajstić information content (AvgIpc) is 2.32. The summed E-state index contributed by atoms with van der Waals surface area (Å²) in [4.78, 5) is 0. The fraction of sp³-hybridized carbons (Fsp3) is 0.111. The summed E-state index contributed by atoms with van der Waals surface area (Å²) in [5.74, 6) is -0.197. The molecular formula is C9H7FN. The van der Waals surface area contributed by atoms with Crippen LogP contribution in [-0.2, 0) is 7.05 Å². The minimum absolute atomic E-state index is 0.197. The number of halogens is 1. The van der Waals surface area contributed by atoms with Crippen molar-refractivity contribution in [2.24, 2.45) is 7.05 Å². The Hall–Kier alpha value is -1.31. The van der Waals surface area contributed by atoms with Crippen molar-refractivity contribution in [2.45, 2.75) is 0 Å². The van der Waals surface area contributed by atoms with Gasteiger partial charge in [-0.3, -0.25) is 0 Å². The zero-order valence-corrected chi connectivity index (χ0v) is 6.13. The Morgan fingerprint density at radius 2 is 2.27 bits per heavy atom. The molecule has 0 N–H and O–H groups in total. The minimum Gasteiger partial charge on any atom is -0.342 e. The fourth-order valence-corrected chi connectivity index (χ4v) is 1.18. The van der Waals surface area contributed by atoms with Gasteiger partial charge in [0.1, 0.15) is 5.82 Å². The number of aryl methyl sites for hydroxylation is 1. The third-order valence-corrected chi connectivity index (χ3v) is 1.76. The third-order valence-electron chi connectivity index (χ3n) is 1.76. The molecule has 2 aromatic rings. The number of rotatable bonds is 0. The fourth-order valence-electron chi connectivity index (χ4n) is 1.18. The first kappa shape index (κ1) is 6.40. The van der Waals surface area contributed by atoms with Crippen molar-refractivity contribution in [2.75, 3.05) is 0 Å². The second kappa shape index (κ2) is 2.09. The van der Waals surface area contributed by atoms with Crippen LogP contribution in [0.2, 0.25) is 0 Å². The summed E-state index contributed by atoms with van der Waals surface area (Å²) in [7, 11) is 1.89. The largest absolute Gasteiger partial charge is 0.342 e. The van der Waals surface area contributed by atoms with Crippen LogP contribution in [0.25, 0.3) is 10.9 Å². The van der Waals surface area contributed by atoms with Gasteiger partial charge in [-0.2, -0.15) is 0 Å². The highest BCUT2D eigenvalue weighted by molar-refractivity contribution is 5.79. The van der Waals surface area contributed by atoms with Gasteiger partial charge >= 0.3 is 0 Å². The standard InChI is InChI=1S/C9H7FN/c1-11-5-4-7-6-8(10)2-3-9(7)11/h2-4,6H,1H3. The average molecular weight is 148 g/mol. The third kappa shape index (κ3) is 0.909. The Kier molecular flexibility index (Phi) is 1.22. The van der Waals surface area contributed by atoms with Gasteiger partial charge in [0.15, 0.2) is 0 Å². The maximum atomic E-state index is 12.6. The summed E-state index contributed by atoms with van der Waals surface area (Å²) >= 11 is 0. The van der Waals surface area contributed by atoms with Crippen LogP contribution in [0.15, 0.2) is 24.3 Å².